The molecular weight excluding hydrogens is 561 g/mol. The summed E-state index contributed by atoms with van der Waals surface area (Å²) in [4.78, 5) is 11.8. The van der Waals surface area contributed by atoms with Crippen LogP contribution in [0.25, 0.3) is 0 Å². The van der Waals surface area contributed by atoms with Crippen molar-refractivity contribution in [2.45, 2.75) is 47.5 Å². The minimum absolute atomic E-state index is 0.0213. The molecule has 2 heterocycles. The van der Waals surface area contributed by atoms with Crippen LogP contribution in [-0.4, -0.2) is 46.9 Å². The van der Waals surface area contributed by atoms with Crippen LogP contribution in [0.2, 0.25) is 0 Å². The van der Waals surface area contributed by atoms with E-state index in [2.05, 4.69) is 27.8 Å². The van der Waals surface area contributed by atoms with E-state index in [1.807, 2.05) is 48.5 Å². The van der Waals surface area contributed by atoms with E-state index in [0.29, 0.717) is 10.9 Å². The number of nitrogens with one attached hydrogen (secondary N) is 1. The minimum atomic E-state index is -2.01. The number of aliphatic hydroxyl groups is 1. The third-order valence-corrected chi connectivity index (χ3v) is 7.66. The molecule has 0 radical (unpaired) electrons. The van der Waals surface area contributed by atoms with Crippen molar-refractivity contribution in [3.8, 4) is 0 Å². The molecule has 2 aromatic carbocycles. The van der Waals surface area contributed by atoms with Crippen LogP contribution in [0, 0.1) is 5.92 Å². The number of halogens is 3. The summed E-state index contributed by atoms with van der Waals surface area (Å²) in [6, 6.07) is 15.2. The summed E-state index contributed by atoms with van der Waals surface area (Å²) < 4.78 is 12.5. The van der Waals surface area contributed by atoms with Gasteiger partial charge >= 0.3 is 0 Å². The number of rotatable bonds is 8. The van der Waals surface area contributed by atoms with Crippen LogP contribution in [0.1, 0.15) is 41.6 Å². The van der Waals surface area contributed by atoms with E-state index in [4.69, 9.17) is 44.3 Å². The van der Waals surface area contributed by atoms with E-state index in [9.17, 15) is 9.90 Å². The van der Waals surface area contributed by atoms with Gasteiger partial charge in [-0.25, -0.2) is 4.68 Å². The predicted molar refractivity (Wildman–Crippen MR) is 141 cm³/mol. The number of tetrazole rings is 1. The fourth-order valence-electron chi connectivity index (χ4n) is 3.89. The Morgan fingerprint density at radius 1 is 1.08 bits per heavy atom. The summed E-state index contributed by atoms with van der Waals surface area (Å²) in [5.74, 6) is -0.0360. The Bertz CT molecular complexity index is 1190. The summed E-state index contributed by atoms with van der Waals surface area (Å²) in [6.07, 6.45) is -1.02. The largest absolute Gasteiger partial charge is 0.392 e. The van der Waals surface area contributed by atoms with Crippen molar-refractivity contribution in [2.24, 2.45) is 13.0 Å². The molecule has 1 amide bonds. The molecule has 37 heavy (non-hydrogen) atoms. The maximum Gasteiger partial charge on any atom is 0.272 e. The van der Waals surface area contributed by atoms with E-state index in [0.717, 1.165) is 22.3 Å². The zero-order valence-corrected chi connectivity index (χ0v) is 23.1. The summed E-state index contributed by atoms with van der Waals surface area (Å²) in [5.41, 5.74) is 3.49. The van der Waals surface area contributed by atoms with E-state index < -0.39 is 16.0 Å². The van der Waals surface area contributed by atoms with Gasteiger partial charge in [-0.15, -0.1) is 5.10 Å². The third kappa shape index (κ3) is 7.14. The molecule has 1 aliphatic rings. The van der Waals surface area contributed by atoms with Crippen molar-refractivity contribution in [2.75, 3.05) is 5.75 Å². The van der Waals surface area contributed by atoms with Gasteiger partial charge in [-0.3, -0.25) is 4.79 Å². The average Bonchev–Trinajstić information content (AvgIpc) is 3.31. The topological polar surface area (TPSA) is 111 Å². The first kappa shape index (κ1) is 28.1. The molecule has 3 aromatic rings. The summed E-state index contributed by atoms with van der Waals surface area (Å²) in [5, 5.41) is 24.4. The third-order valence-electron chi connectivity index (χ3n) is 6.04. The van der Waals surface area contributed by atoms with Crippen LogP contribution in [0.5, 0.6) is 0 Å². The lowest BCUT2D eigenvalue weighted by atomic mass is 9.91. The van der Waals surface area contributed by atoms with Crippen LogP contribution in [0.4, 0.5) is 0 Å². The van der Waals surface area contributed by atoms with Gasteiger partial charge in [-0.1, -0.05) is 102 Å². The fourth-order valence-corrected chi connectivity index (χ4v) is 5.10. The number of hydrogen-bond donors (Lipinski definition) is 2. The summed E-state index contributed by atoms with van der Waals surface area (Å²) >= 11 is 18.3. The predicted octanol–water partition coefficient (Wildman–Crippen LogP) is 4.27. The molecular formula is C24H26Cl3N5O4S. The van der Waals surface area contributed by atoms with Gasteiger partial charge in [0.05, 0.1) is 18.8 Å². The highest BCUT2D eigenvalue weighted by molar-refractivity contribution is 7.99. The second kappa shape index (κ2) is 12.3. The lowest BCUT2D eigenvalue weighted by Crippen LogP contribution is -2.38. The first-order chi connectivity index (χ1) is 17.7. The van der Waals surface area contributed by atoms with Crippen LogP contribution in [-0.2, 0) is 34.5 Å². The monoisotopic (exact) mass is 585 g/mol. The van der Waals surface area contributed by atoms with Gasteiger partial charge in [0.1, 0.15) is 0 Å². The molecule has 1 fully saturated rings. The quantitative estimate of drug-likeness (QED) is 0.297. The highest BCUT2D eigenvalue weighted by atomic mass is 35.6. The van der Waals surface area contributed by atoms with Gasteiger partial charge in [0.15, 0.2) is 6.29 Å². The number of hydrogen-bond acceptors (Lipinski definition) is 8. The van der Waals surface area contributed by atoms with Crippen molar-refractivity contribution in [3.63, 3.8) is 0 Å². The van der Waals surface area contributed by atoms with Crippen molar-refractivity contribution in [3.05, 3.63) is 70.8 Å². The summed E-state index contributed by atoms with van der Waals surface area (Å²) in [6.45, 7) is 2.28. The molecule has 4 rings (SSSR count). The molecule has 13 heteroatoms. The smallest absolute Gasteiger partial charge is 0.272 e. The number of aryl methyl sites for hydroxylation is 1. The lowest BCUT2D eigenvalue weighted by molar-refractivity contribution is -0.268. The number of alkyl halides is 3. The van der Waals surface area contributed by atoms with E-state index in [-0.39, 0.29) is 31.3 Å². The molecule has 0 spiro atoms. The van der Waals surface area contributed by atoms with Crippen LogP contribution in [0.15, 0.2) is 53.7 Å². The maximum absolute atomic E-state index is 11.8. The normalized spacial score (nSPS) is 22.1. The molecule has 198 valence electrons. The van der Waals surface area contributed by atoms with E-state index >= 15 is 0 Å². The first-order valence-corrected chi connectivity index (χ1v) is 13.6. The Morgan fingerprint density at radius 3 is 2.32 bits per heavy atom. The number of benzene rings is 2. The molecule has 4 atom stereocenters. The number of carbonyl (C=O) groups is 1. The zero-order chi connectivity index (χ0) is 26.6. The molecule has 0 bridgehead atoms. The van der Waals surface area contributed by atoms with Crippen LogP contribution in [0.3, 0.4) is 0 Å². The number of thioether (sulfide) groups is 1. The van der Waals surface area contributed by atoms with Gasteiger partial charge in [0, 0.05) is 30.8 Å². The van der Waals surface area contributed by atoms with Gasteiger partial charge < -0.3 is 19.9 Å². The number of aliphatic hydroxyl groups excluding tert-OH is 1. The van der Waals surface area contributed by atoms with Crippen molar-refractivity contribution in [1.29, 1.82) is 0 Å². The number of nitrogens with zero attached hydrogens (tertiary/aromatic N) is 4. The van der Waals surface area contributed by atoms with Gasteiger partial charge in [-0.2, -0.15) is 0 Å². The Balaban J connectivity index is 1.51. The van der Waals surface area contributed by atoms with Gasteiger partial charge in [-0.05, 0) is 27.1 Å². The lowest BCUT2D eigenvalue weighted by Gasteiger charge is -2.41. The molecule has 0 aliphatic carbocycles. The molecule has 1 aromatic heterocycles. The molecule has 9 nitrogen and oxygen atoms in total. The Hall–Kier alpha value is -1.92. The number of amides is 1. The highest BCUT2D eigenvalue weighted by Crippen LogP contribution is 2.42. The molecule has 1 saturated heterocycles. The van der Waals surface area contributed by atoms with Crippen LogP contribution < -0.4 is 5.32 Å². The maximum atomic E-state index is 11.8. The zero-order valence-electron chi connectivity index (χ0n) is 20.1. The number of ether oxygens (including phenoxy) is 2. The number of aromatic nitrogens is 4. The van der Waals surface area contributed by atoms with Crippen molar-refractivity contribution >= 4 is 52.5 Å². The first-order valence-electron chi connectivity index (χ1n) is 11.5. The standard InChI is InChI=1S/C24H26Cl3N5O4S/c1-14-19(13-37-23-29-30-31-32(23)2)35-21(36-20(14)17-7-5-16(12-33)6-8-17)18-9-3-15(4-10-18)11-28-22(34)24(25,26)27/h3-10,14,19-21,33H,11-13H2,1-2H3,(H,28,34)/t14-,19+,20+,21+/m1/s1. The summed E-state index contributed by atoms with van der Waals surface area (Å²) in [7, 11) is 1.79. The Labute approximate surface area is 233 Å². The van der Waals surface area contributed by atoms with Gasteiger partial charge in [0.25, 0.3) is 9.70 Å². The molecule has 0 saturated carbocycles. The highest BCUT2D eigenvalue weighted by Gasteiger charge is 2.38. The second-order valence-electron chi connectivity index (χ2n) is 8.64. The Morgan fingerprint density at radius 2 is 1.73 bits per heavy atom. The van der Waals surface area contributed by atoms with Crippen molar-refractivity contribution < 1.29 is 19.4 Å². The van der Waals surface area contributed by atoms with Crippen molar-refractivity contribution in [1.82, 2.24) is 25.5 Å². The SMILES string of the molecule is C[C@@H]1[C@H](CSc2nnnn2C)O[C@H](c2ccc(CNC(=O)C(Cl)(Cl)Cl)cc2)O[C@@H]1c1ccc(CO)cc1. The van der Waals surface area contributed by atoms with E-state index in [1.54, 1.807) is 11.7 Å². The minimum Gasteiger partial charge on any atom is -0.392 e. The van der Waals surface area contributed by atoms with Crippen LogP contribution >= 0.6 is 46.6 Å². The molecule has 2 N–H and O–H groups in total. The van der Waals surface area contributed by atoms with E-state index in [1.165, 1.54) is 11.8 Å². The Kier molecular flexibility index (Phi) is 9.33. The average molecular weight is 587 g/mol. The molecule has 1 aliphatic heterocycles. The fraction of sp³-hybridized carbons (Fsp3) is 0.417. The molecule has 0 unspecified atom stereocenters. The second-order valence-corrected chi connectivity index (χ2v) is 11.9. The van der Waals surface area contributed by atoms with Gasteiger partial charge in [0.2, 0.25) is 5.16 Å². The number of carbonyl (C=O) groups excluding carboxylic acids is 1.